The minimum Gasteiger partial charge on any atom is -0.376 e. The number of amides is 1. The van der Waals surface area contributed by atoms with Gasteiger partial charge in [0.2, 0.25) is 0 Å². The molecular weight excluding hydrogens is 250 g/mol. The number of rotatable bonds is 1. The molecule has 0 aromatic rings. The Morgan fingerprint density at radius 2 is 1.72 bits per heavy atom. The van der Waals surface area contributed by atoms with Crippen molar-refractivity contribution in [2.24, 2.45) is 23.5 Å². The van der Waals surface area contributed by atoms with Crippen LogP contribution in [0.1, 0.15) is 38.5 Å². The summed E-state index contributed by atoms with van der Waals surface area (Å²) in [5.41, 5.74) is 5.10. The second kappa shape index (κ2) is 4.33. The van der Waals surface area contributed by atoms with Gasteiger partial charge in [-0.3, -0.25) is 5.41 Å². The molecule has 4 aliphatic carbocycles. The summed E-state index contributed by atoms with van der Waals surface area (Å²) in [4.78, 5) is 11.7. The second-order valence-corrected chi connectivity index (χ2v) is 6.91. The van der Waals surface area contributed by atoms with Gasteiger partial charge in [-0.1, -0.05) is 0 Å². The minimum atomic E-state index is -0.447. The fourth-order valence-corrected chi connectivity index (χ4v) is 4.79. The monoisotopic (exact) mass is 269 g/mol. The molecule has 5 nitrogen and oxygen atoms in total. The normalized spacial score (nSPS) is 40.6. The van der Waals surface area contributed by atoms with Gasteiger partial charge in [-0.2, -0.15) is 0 Å². The Balaban J connectivity index is 1.61. The quantitative estimate of drug-likeness (QED) is 0.387. The number of amidine groups is 1. The average Bonchev–Trinajstić information content (AvgIpc) is 2.23. The van der Waals surface area contributed by atoms with Gasteiger partial charge in [-0.05, 0) is 56.3 Å². The Morgan fingerprint density at radius 3 is 2.17 bits per heavy atom. The molecule has 0 atom stereocenters. The highest BCUT2D eigenvalue weighted by Gasteiger charge is 2.51. The summed E-state index contributed by atoms with van der Waals surface area (Å²) >= 11 is 0.617. The van der Waals surface area contributed by atoms with Crippen LogP contribution in [-0.4, -0.2) is 16.8 Å². The average molecular weight is 269 g/mol. The Kier molecular flexibility index (Phi) is 2.92. The summed E-state index contributed by atoms with van der Waals surface area (Å²) in [6.07, 6.45) is 6.88. The van der Waals surface area contributed by atoms with Crippen molar-refractivity contribution in [3.05, 3.63) is 0 Å². The first kappa shape index (κ1) is 12.1. The molecule has 4 fully saturated rings. The van der Waals surface area contributed by atoms with Gasteiger partial charge in [0.1, 0.15) is 12.0 Å². The maximum absolute atomic E-state index is 11.7. The van der Waals surface area contributed by atoms with Crippen LogP contribution >= 0.6 is 12.0 Å². The van der Waals surface area contributed by atoms with Crippen LogP contribution in [0.4, 0.5) is 4.79 Å². The number of carbonyl (C=O) groups is 1. The van der Waals surface area contributed by atoms with E-state index in [1.807, 2.05) is 0 Å². The summed E-state index contributed by atoms with van der Waals surface area (Å²) in [6.45, 7) is 0. The zero-order valence-electron chi connectivity index (χ0n) is 10.3. The third-order valence-electron chi connectivity index (χ3n) is 4.61. The zero-order valence-corrected chi connectivity index (χ0v) is 11.1. The zero-order chi connectivity index (χ0) is 12.8. The molecule has 4 saturated carbocycles. The molecule has 1 amide bonds. The standard InChI is InChI=1S/C12H19N3O2S/c13-10(14)18-17-11(16)15-12-4-7-1-8(5-12)3-9(2-7)6-12/h7-9H,1-6H2,(H3,13,14)(H,15,16). The van der Waals surface area contributed by atoms with E-state index < -0.39 is 6.09 Å². The van der Waals surface area contributed by atoms with E-state index in [0.29, 0.717) is 12.0 Å². The van der Waals surface area contributed by atoms with Crippen LogP contribution in [0.5, 0.6) is 0 Å². The van der Waals surface area contributed by atoms with Gasteiger partial charge in [-0.25, -0.2) is 4.79 Å². The fourth-order valence-electron chi connectivity index (χ4n) is 4.58. The highest BCUT2D eigenvalue weighted by molar-refractivity contribution is 8.09. The topological polar surface area (TPSA) is 88.2 Å². The van der Waals surface area contributed by atoms with E-state index in [2.05, 4.69) is 5.32 Å². The predicted molar refractivity (Wildman–Crippen MR) is 70.0 cm³/mol. The van der Waals surface area contributed by atoms with Gasteiger partial charge in [-0.15, -0.1) is 0 Å². The van der Waals surface area contributed by atoms with E-state index in [4.69, 9.17) is 15.3 Å². The third kappa shape index (κ3) is 2.30. The van der Waals surface area contributed by atoms with Crippen molar-refractivity contribution in [2.45, 2.75) is 44.1 Å². The molecule has 0 spiro atoms. The summed E-state index contributed by atoms with van der Waals surface area (Å²) in [5, 5.41) is 9.87. The van der Waals surface area contributed by atoms with Crippen LogP contribution in [0.2, 0.25) is 0 Å². The van der Waals surface area contributed by atoms with Crippen LogP contribution in [0.15, 0.2) is 0 Å². The highest BCUT2D eigenvalue weighted by atomic mass is 32.2. The summed E-state index contributed by atoms with van der Waals surface area (Å²) < 4.78 is 4.86. The number of nitrogens with two attached hydrogens (primary N) is 1. The molecule has 0 heterocycles. The van der Waals surface area contributed by atoms with Crippen molar-refractivity contribution in [3.8, 4) is 0 Å². The first-order chi connectivity index (χ1) is 8.55. The first-order valence-electron chi connectivity index (χ1n) is 6.55. The number of hydrogen-bond donors (Lipinski definition) is 3. The summed E-state index contributed by atoms with van der Waals surface area (Å²) in [6, 6.07) is 0. The first-order valence-corrected chi connectivity index (χ1v) is 7.29. The van der Waals surface area contributed by atoms with Crippen LogP contribution in [0, 0.1) is 23.2 Å². The smallest absolute Gasteiger partial charge is 0.376 e. The van der Waals surface area contributed by atoms with Gasteiger partial charge in [0, 0.05) is 5.54 Å². The molecule has 100 valence electrons. The van der Waals surface area contributed by atoms with Gasteiger partial charge in [0.05, 0.1) is 0 Å². The van der Waals surface area contributed by atoms with Crippen LogP contribution in [0.25, 0.3) is 0 Å². The Morgan fingerprint density at radius 1 is 1.22 bits per heavy atom. The van der Waals surface area contributed by atoms with Crippen molar-refractivity contribution in [1.82, 2.24) is 5.32 Å². The van der Waals surface area contributed by atoms with E-state index in [1.165, 1.54) is 19.3 Å². The minimum absolute atomic E-state index is 0.0385. The van der Waals surface area contributed by atoms with Gasteiger partial charge >= 0.3 is 6.09 Å². The molecule has 4 N–H and O–H groups in total. The molecule has 18 heavy (non-hydrogen) atoms. The van der Waals surface area contributed by atoms with Crippen LogP contribution in [0.3, 0.4) is 0 Å². The molecular formula is C12H19N3O2S. The van der Waals surface area contributed by atoms with E-state index in [1.54, 1.807) is 0 Å². The lowest BCUT2D eigenvalue weighted by Crippen LogP contribution is -2.59. The largest absolute Gasteiger partial charge is 0.420 e. The number of carbonyl (C=O) groups excluding carboxylic acids is 1. The molecule has 0 aromatic carbocycles. The maximum atomic E-state index is 11.7. The third-order valence-corrected chi connectivity index (χ3v) is 5.03. The van der Waals surface area contributed by atoms with E-state index in [-0.39, 0.29) is 10.7 Å². The summed E-state index contributed by atoms with van der Waals surface area (Å²) in [5.74, 6) is 2.37. The van der Waals surface area contributed by atoms with E-state index in [9.17, 15) is 4.79 Å². The van der Waals surface area contributed by atoms with Crippen molar-refractivity contribution in [1.29, 1.82) is 5.41 Å². The molecule has 4 aliphatic rings. The van der Waals surface area contributed by atoms with Gasteiger partial charge in [0.15, 0.2) is 5.17 Å². The Bertz CT molecular complexity index is 350. The van der Waals surface area contributed by atoms with E-state index in [0.717, 1.165) is 37.0 Å². The predicted octanol–water partition coefficient (Wildman–Crippen LogP) is 2.22. The lowest BCUT2D eigenvalue weighted by Gasteiger charge is -2.56. The lowest BCUT2D eigenvalue weighted by molar-refractivity contribution is -0.0157. The summed E-state index contributed by atoms with van der Waals surface area (Å²) in [7, 11) is 0. The molecule has 6 heteroatoms. The molecule has 4 bridgehead atoms. The van der Waals surface area contributed by atoms with Crippen molar-refractivity contribution >= 4 is 23.3 Å². The van der Waals surface area contributed by atoms with Gasteiger partial charge < -0.3 is 15.2 Å². The molecule has 0 unspecified atom stereocenters. The molecule has 0 aromatic heterocycles. The maximum Gasteiger partial charge on any atom is 0.420 e. The molecule has 4 rings (SSSR count). The Hall–Kier alpha value is -0.910. The Labute approximate surface area is 111 Å². The van der Waals surface area contributed by atoms with Crippen molar-refractivity contribution in [3.63, 3.8) is 0 Å². The fraction of sp³-hybridized carbons (Fsp3) is 0.833. The lowest BCUT2D eigenvalue weighted by atomic mass is 9.53. The van der Waals surface area contributed by atoms with Crippen molar-refractivity contribution in [2.75, 3.05) is 0 Å². The van der Waals surface area contributed by atoms with Crippen LogP contribution < -0.4 is 11.1 Å². The van der Waals surface area contributed by atoms with Crippen LogP contribution in [-0.2, 0) is 4.18 Å². The second-order valence-electron chi connectivity index (χ2n) is 6.14. The SMILES string of the molecule is N=C(N)SOC(=O)NC12CC3CC(CC(C3)C1)C2. The number of nitrogens with one attached hydrogen (secondary N) is 2. The molecule has 0 saturated heterocycles. The number of hydrogen-bond acceptors (Lipinski definition) is 4. The van der Waals surface area contributed by atoms with Crippen molar-refractivity contribution < 1.29 is 8.98 Å². The molecule has 0 aliphatic heterocycles. The van der Waals surface area contributed by atoms with Gasteiger partial charge in [0.25, 0.3) is 0 Å². The van der Waals surface area contributed by atoms with E-state index >= 15 is 0 Å². The highest BCUT2D eigenvalue weighted by Crippen LogP contribution is 2.55. The molecule has 0 radical (unpaired) electrons.